The fourth-order valence-corrected chi connectivity index (χ4v) is 3.09. The third-order valence-corrected chi connectivity index (χ3v) is 4.38. The molecule has 22 heavy (non-hydrogen) atoms. The Morgan fingerprint density at radius 3 is 2.77 bits per heavy atom. The molecule has 1 saturated heterocycles. The Morgan fingerprint density at radius 1 is 1.23 bits per heavy atom. The van der Waals surface area contributed by atoms with Crippen LogP contribution in [0.4, 0.5) is 0 Å². The van der Waals surface area contributed by atoms with Gasteiger partial charge in [0.25, 0.3) is 0 Å². The molecule has 1 aliphatic heterocycles. The van der Waals surface area contributed by atoms with E-state index in [1.165, 1.54) is 37.9 Å². The molecular weight excluding hydrogens is 272 g/mol. The van der Waals surface area contributed by atoms with E-state index in [-0.39, 0.29) is 0 Å². The van der Waals surface area contributed by atoms with Crippen LogP contribution >= 0.6 is 0 Å². The first-order valence-corrected chi connectivity index (χ1v) is 8.96. The molecule has 0 saturated carbocycles. The fraction of sp³-hybridized carbons (Fsp3) is 0.684. The topological polar surface area (TPSA) is 24.5 Å². The minimum atomic E-state index is 0.811. The van der Waals surface area contributed by atoms with Crippen LogP contribution in [0.25, 0.3) is 0 Å². The monoisotopic (exact) mass is 304 g/mol. The van der Waals surface area contributed by atoms with E-state index in [4.69, 9.17) is 4.74 Å². The molecule has 1 aromatic rings. The molecule has 2 rings (SSSR count). The maximum Gasteiger partial charge on any atom is 0.119 e. The number of hydrogen-bond acceptors (Lipinski definition) is 3. The molecule has 1 heterocycles. The van der Waals surface area contributed by atoms with Gasteiger partial charge in [-0.3, -0.25) is 4.90 Å². The van der Waals surface area contributed by atoms with Gasteiger partial charge in [0, 0.05) is 13.1 Å². The second kappa shape index (κ2) is 9.86. The quantitative estimate of drug-likeness (QED) is 0.704. The largest absolute Gasteiger partial charge is 0.494 e. The molecule has 1 N–H and O–H groups in total. The van der Waals surface area contributed by atoms with Crippen molar-refractivity contribution in [2.24, 2.45) is 5.92 Å². The van der Waals surface area contributed by atoms with Crippen molar-refractivity contribution in [3.05, 3.63) is 29.8 Å². The standard InChI is InChI=1S/C19H32N2O/c1-3-5-13-22-19-10-8-17(9-11-19)15-21-12-6-7-18(16-21)14-20-4-2/h8-11,18,20H,3-7,12-16H2,1-2H3. The number of nitrogens with one attached hydrogen (secondary N) is 1. The Balaban J connectivity index is 1.77. The Bertz CT molecular complexity index is 404. The van der Waals surface area contributed by atoms with Gasteiger partial charge in [0.05, 0.1) is 6.61 Å². The Kier molecular flexibility index (Phi) is 7.75. The summed E-state index contributed by atoms with van der Waals surface area (Å²) in [6, 6.07) is 8.67. The van der Waals surface area contributed by atoms with Gasteiger partial charge in [0.1, 0.15) is 5.75 Å². The van der Waals surface area contributed by atoms with Crippen LogP contribution in [0.5, 0.6) is 5.75 Å². The van der Waals surface area contributed by atoms with Crippen molar-refractivity contribution in [1.82, 2.24) is 10.2 Å². The molecule has 124 valence electrons. The zero-order valence-corrected chi connectivity index (χ0v) is 14.3. The maximum absolute atomic E-state index is 5.73. The van der Waals surface area contributed by atoms with Gasteiger partial charge < -0.3 is 10.1 Å². The zero-order chi connectivity index (χ0) is 15.6. The van der Waals surface area contributed by atoms with Gasteiger partial charge in [-0.1, -0.05) is 32.4 Å². The number of benzene rings is 1. The van der Waals surface area contributed by atoms with Gasteiger partial charge in [0.2, 0.25) is 0 Å². The van der Waals surface area contributed by atoms with Crippen LogP contribution in [-0.2, 0) is 6.54 Å². The molecule has 0 amide bonds. The van der Waals surface area contributed by atoms with E-state index in [0.29, 0.717) is 0 Å². The van der Waals surface area contributed by atoms with E-state index in [2.05, 4.69) is 48.3 Å². The third kappa shape index (κ3) is 5.98. The molecule has 0 spiro atoms. The summed E-state index contributed by atoms with van der Waals surface area (Å²) in [7, 11) is 0. The molecule has 1 atom stereocenters. The summed E-state index contributed by atoms with van der Waals surface area (Å²) >= 11 is 0. The first-order valence-electron chi connectivity index (χ1n) is 8.96. The van der Waals surface area contributed by atoms with Crippen molar-refractivity contribution < 1.29 is 4.74 Å². The van der Waals surface area contributed by atoms with Crippen molar-refractivity contribution in [3.8, 4) is 5.75 Å². The van der Waals surface area contributed by atoms with E-state index >= 15 is 0 Å². The highest BCUT2D eigenvalue weighted by Crippen LogP contribution is 2.19. The van der Waals surface area contributed by atoms with E-state index in [1.807, 2.05) is 0 Å². The first-order chi connectivity index (χ1) is 10.8. The van der Waals surface area contributed by atoms with Crippen LogP contribution in [0.3, 0.4) is 0 Å². The van der Waals surface area contributed by atoms with E-state index in [9.17, 15) is 0 Å². The lowest BCUT2D eigenvalue weighted by atomic mass is 9.97. The summed E-state index contributed by atoms with van der Waals surface area (Å²) in [4.78, 5) is 2.60. The highest BCUT2D eigenvalue weighted by atomic mass is 16.5. The lowest BCUT2D eigenvalue weighted by Gasteiger charge is -2.32. The first kappa shape index (κ1) is 17.3. The molecule has 1 aromatic carbocycles. The maximum atomic E-state index is 5.73. The van der Waals surface area contributed by atoms with Gasteiger partial charge >= 0.3 is 0 Å². The number of piperidine rings is 1. The van der Waals surface area contributed by atoms with Crippen molar-refractivity contribution in [2.75, 3.05) is 32.8 Å². The molecule has 0 radical (unpaired) electrons. The van der Waals surface area contributed by atoms with E-state index in [0.717, 1.165) is 44.3 Å². The van der Waals surface area contributed by atoms with Gasteiger partial charge in [0.15, 0.2) is 0 Å². The number of likely N-dealkylation sites (tertiary alicyclic amines) is 1. The minimum absolute atomic E-state index is 0.811. The smallest absolute Gasteiger partial charge is 0.119 e. The highest BCUT2D eigenvalue weighted by molar-refractivity contribution is 5.27. The van der Waals surface area contributed by atoms with Crippen LogP contribution in [-0.4, -0.2) is 37.7 Å². The number of unbranched alkanes of at least 4 members (excludes halogenated alkanes) is 1. The Hall–Kier alpha value is -1.06. The Labute approximate surface area is 136 Å². The molecule has 0 aromatic heterocycles. The Morgan fingerprint density at radius 2 is 2.05 bits per heavy atom. The van der Waals surface area contributed by atoms with Crippen LogP contribution in [0.1, 0.15) is 45.1 Å². The SMILES string of the molecule is CCCCOc1ccc(CN2CCCC(CNCC)C2)cc1. The molecule has 1 fully saturated rings. The number of nitrogens with zero attached hydrogens (tertiary/aromatic N) is 1. The van der Waals surface area contributed by atoms with Crippen LogP contribution in [0.15, 0.2) is 24.3 Å². The summed E-state index contributed by atoms with van der Waals surface area (Å²) in [6.07, 6.45) is 5.01. The summed E-state index contributed by atoms with van der Waals surface area (Å²) in [6.45, 7) is 11.0. The summed E-state index contributed by atoms with van der Waals surface area (Å²) in [5.74, 6) is 1.81. The molecule has 0 aliphatic carbocycles. The van der Waals surface area contributed by atoms with Gasteiger partial charge in [-0.15, -0.1) is 0 Å². The lowest BCUT2D eigenvalue weighted by Crippen LogP contribution is -2.39. The van der Waals surface area contributed by atoms with E-state index in [1.54, 1.807) is 0 Å². The number of ether oxygens (including phenoxy) is 1. The average Bonchev–Trinajstić information content (AvgIpc) is 2.55. The van der Waals surface area contributed by atoms with Gasteiger partial charge in [-0.25, -0.2) is 0 Å². The molecule has 1 unspecified atom stereocenters. The predicted molar refractivity (Wildman–Crippen MR) is 93.4 cm³/mol. The molecule has 1 aliphatic rings. The van der Waals surface area contributed by atoms with Crippen LogP contribution in [0, 0.1) is 5.92 Å². The van der Waals surface area contributed by atoms with Crippen LogP contribution < -0.4 is 10.1 Å². The van der Waals surface area contributed by atoms with Gasteiger partial charge in [-0.2, -0.15) is 0 Å². The summed E-state index contributed by atoms with van der Waals surface area (Å²) in [5.41, 5.74) is 1.40. The number of hydrogen-bond donors (Lipinski definition) is 1. The molecule has 3 heteroatoms. The van der Waals surface area contributed by atoms with Crippen LogP contribution in [0.2, 0.25) is 0 Å². The van der Waals surface area contributed by atoms with Crippen molar-refractivity contribution in [2.45, 2.75) is 46.1 Å². The van der Waals surface area contributed by atoms with E-state index < -0.39 is 0 Å². The average molecular weight is 304 g/mol. The highest BCUT2D eigenvalue weighted by Gasteiger charge is 2.19. The zero-order valence-electron chi connectivity index (χ0n) is 14.3. The third-order valence-electron chi connectivity index (χ3n) is 4.38. The van der Waals surface area contributed by atoms with Crippen molar-refractivity contribution in [3.63, 3.8) is 0 Å². The summed E-state index contributed by atoms with van der Waals surface area (Å²) in [5, 5.41) is 3.49. The minimum Gasteiger partial charge on any atom is -0.494 e. The summed E-state index contributed by atoms with van der Waals surface area (Å²) < 4.78 is 5.73. The van der Waals surface area contributed by atoms with Gasteiger partial charge in [-0.05, 0) is 62.5 Å². The number of rotatable bonds is 9. The second-order valence-electron chi connectivity index (χ2n) is 6.40. The van der Waals surface area contributed by atoms with Crippen molar-refractivity contribution >= 4 is 0 Å². The molecular formula is C19H32N2O. The second-order valence-corrected chi connectivity index (χ2v) is 6.40. The predicted octanol–water partition coefficient (Wildman–Crippen LogP) is 3.69. The van der Waals surface area contributed by atoms with Crippen molar-refractivity contribution in [1.29, 1.82) is 0 Å². The lowest BCUT2D eigenvalue weighted by molar-refractivity contribution is 0.166. The molecule has 3 nitrogen and oxygen atoms in total. The fourth-order valence-electron chi connectivity index (χ4n) is 3.09. The molecule has 0 bridgehead atoms. The normalized spacial score (nSPS) is 19.3.